The Kier molecular flexibility index (Phi) is 4.88. The molecule has 0 radical (unpaired) electrons. The molecule has 9 heteroatoms. The minimum Gasteiger partial charge on any atom is -0.491 e. The average molecular weight is 379 g/mol. The Hall–Kier alpha value is -2.58. The number of aryl methyl sites for hydroxylation is 2. The highest BCUT2D eigenvalue weighted by atomic mass is 35.5. The van der Waals surface area contributed by atoms with Gasteiger partial charge in [0.2, 0.25) is 5.28 Å². The van der Waals surface area contributed by atoms with Crippen LogP contribution in [0.1, 0.15) is 5.56 Å². The van der Waals surface area contributed by atoms with Crippen LogP contribution in [0.2, 0.25) is 5.28 Å². The minimum absolute atomic E-state index is 0.00852. The molecule has 8 nitrogen and oxygen atoms in total. The van der Waals surface area contributed by atoms with Crippen molar-refractivity contribution in [1.29, 1.82) is 0 Å². The Balaban J connectivity index is 1.88. The summed E-state index contributed by atoms with van der Waals surface area (Å²) in [7, 11) is 2.89. The maximum absolute atomic E-state index is 12.5. The number of aliphatic hydroxyl groups excluding tert-OH is 1. The Morgan fingerprint density at radius 3 is 2.69 bits per heavy atom. The smallest absolute Gasteiger partial charge is 0.332 e. The molecule has 0 fully saturated rings. The Morgan fingerprint density at radius 1 is 1.27 bits per heavy atom. The number of fused-ring (bicyclic) bond motifs is 1. The lowest BCUT2D eigenvalue weighted by Crippen LogP contribution is -2.38. The third-order valence-corrected chi connectivity index (χ3v) is 4.42. The van der Waals surface area contributed by atoms with Crippen LogP contribution >= 0.6 is 11.6 Å². The highest BCUT2D eigenvalue weighted by molar-refractivity contribution is 6.29. The maximum Gasteiger partial charge on any atom is 0.332 e. The predicted molar refractivity (Wildman–Crippen MR) is 97.9 cm³/mol. The van der Waals surface area contributed by atoms with Gasteiger partial charge in [-0.05, 0) is 36.2 Å². The molecule has 0 saturated heterocycles. The van der Waals surface area contributed by atoms with Gasteiger partial charge in [0.1, 0.15) is 18.5 Å². The molecule has 0 bridgehead atoms. The highest BCUT2D eigenvalue weighted by Crippen LogP contribution is 2.17. The lowest BCUT2D eigenvalue weighted by Gasteiger charge is -2.14. The van der Waals surface area contributed by atoms with Crippen molar-refractivity contribution >= 4 is 22.8 Å². The number of hydrogen-bond donors (Lipinski definition) is 1. The maximum atomic E-state index is 12.5. The largest absolute Gasteiger partial charge is 0.491 e. The number of aliphatic hydroxyl groups is 1. The molecular weight excluding hydrogens is 360 g/mol. The Morgan fingerprint density at radius 2 is 2.00 bits per heavy atom. The predicted octanol–water partition coefficient (Wildman–Crippen LogP) is 0.835. The molecule has 1 N–H and O–H groups in total. The van der Waals surface area contributed by atoms with E-state index in [1.807, 2.05) is 25.1 Å². The Bertz CT molecular complexity index is 1080. The molecule has 0 aliphatic carbocycles. The van der Waals surface area contributed by atoms with Crippen molar-refractivity contribution in [3.8, 4) is 5.75 Å². The first-order chi connectivity index (χ1) is 12.3. The van der Waals surface area contributed by atoms with Gasteiger partial charge in [-0.1, -0.05) is 12.1 Å². The monoisotopic (exact) mass is 378 g/mol. The summed E-state index contributed by atoms with van der Waals surface area (Å²) in [5.74, 6) is 0.643. The first-order valence-electron chi connectivity index (χ1n) is 7.99. The van der Waals surface area contributed by atoms with Gasteiger partial charge in [-0.3, -0.25) is 13.9 Å². The van der Waals surface area contributed by atoms with Crippen LogP contribution < -0.4 is 16.0 Å². The molecule has 2 heterocycles. The quantitative estimate of drug-likeness (QED) is 0.664. The van der Waals surface area contributed by atoms with E-state index in [0.29, 0.717) is 5.75 Å². The lowest BCUT2D eigenvalue weighted by atomic mass is 10.2. The van der Waals surface area contributed by atoms with Gasteiger partial charge >= 0.3 is 5.69 Å². The SMILES string of the molecule is Cc1cccc(OCC(O)Cn2c(Cl)nc3c2c(=O)n(C)c(=O)n3C)c1. The summed E-state index contributed by atoms with van der Waals surface area (Å²) >= 11 is 6.13. The standard InChI is InChI=1S/C17H19ClN4O4/c1-10-5-4-6-12(7-10)26-9-11(23)8-22-13-14(19-16(22)18)20(2)17(25)21(3)15(13)24/h4-7,11,23H,8-9H2,1-3H3. The summed E-state index contributed by atoms with van der Waals surface area (Å²) < 4.78 is 9.20. The number of imidazole rings is 1. The van der Waals surface area contributed by atoms with E-state index in [-0.39, 0.29) is 29.6 Å². The zero-order chi connectivity index (χ0) is 19.0. The average Bonchev–Trinajstić information content (AvgIpc) is 2.93. The topological polar surface area (TPSA) is 91.3 Å². The van der Waals surface area contributed by atoms with Gasteiger partial charge in [0.15, 0.2) is 11.2 Å². The van der Waals surface area contributed by atoms with Crippen LogP contribution in [0.25, 0.3) is 11.2 Å². The first kappa shape index (κ1) is 18.2. The number of nitrogens with zero attached hydrogens (tertiary/aromatic N) is 4. The van der Waals surface area contributed by atoms with Crippen LogP contribution in [0.5, 0.6) is 5.75 Å². The second-order valence-corrected chi connectivity index (χ2v) is 6.49. The zero-order valence-corrected chi connectivity index (χ0v) is 15.4. The van der Waals surface area contributed by atoms with Crippen molar-refractivity contribution in [1.82, 2.24) is 18.7 Å². The Labute approximate surface area is 153 Å². The van der Waals surface area contributed by atoms with Gasteiger partial charge in [-0.2, -0.15) is 4.98 Å². The molecule has 1 unspecified atom stereocenters. The normalized spacial score (nSPS) is 12.5. The lowest BCUT2D eigenvalue weighted by molar-refractivity contribution is 0.0934. The van der Waals surface area contributed by atoms with E-state index >= 15 is 0 Å². The fourth-order valence-corrected chi connectivity index (χ4v) is 2.98. The van der Waals surface area contributed by atoms with Crippen LogP contribution in [0, 0.1) is 6.92 Å². The van der Waals surface area contributed by atoms with Gasteiger partial charge in [-0.25, -0.2) is 4.79 Å². The second-order valence-electron chi connectivity index (χ2n) is 6.15. The fourth-order valence-electron chi connectivity index (χ4n) is 2.75. The summed E-state index contributed by atoms with van der Waals surface area (Å²) in [6.07, 6.45) is -0.924. The molecule has 1 atom stereocenters. The van der Waals surface area contributed by atoms with Crippen molar-refractivity contribution in [3.63, 3.8) is 0 Å². The molecule has 0 amide bonds. The summed E-state index contributed by atoms with van der Waals surface area (Å²) in [5.41, 5.74) is 0.371. The molecule has 0 spiro atoms. The molecule has 3 aromatic rings. The van der Waals surface area contributed by atoms with Crippen LogP contribution in [-0.2, 0) is 20.6 Å². The van der Waals surface area contributed by atoms with E-state index < -0.39 is 17.4 Å². The molecule has 138 valence electrons. The van der Waals surface area contributed by atoms with Crippen molar-refractivity contribution in [2.75, 3.05) is 6.61 Å². The van der Waals surface area contributed by atoms with Crippen molar-refractivity contribution in [2.45, 2.75) is 19.6 Å². The number of hydrogen-bond acceptors (Lipinski definition) is 5. The van der Waals surface area contributed by atoms with Crippen molar-refractivity contribution in [2.24, 2.45) is 14.1 Å². The van der Waals surface area contributed by atoms with Crippen molar-refractivity contribution < 1.29 is 9.84 Å². The molecule has 2 aromatic heterocycles. The molecule has 3 rings (SSSR count). The number of ether oxygens (including phenoxy) is 1. The summed E-state index contributed by atoms with van der Waals surface area (Å²) in [6, 6.07) is 7.46. The van der Waals surface area contributed by atoms with Crippen molar-refractivity contribution in [3.05, 3.63) is 56.0 Å². The van der Waals surface area contributed by atoms with E-state index in [9.17, 15) is 14.7 Å². The first-order valence-corrected chi connectivity index (χ1v) is 8.36. The van der Waals surface area contributed by atoms with Crippen LogP contribution in [0.3, 0.4) is 0 Å². The third-order valence-electron chi connectivity index (χ3n) is 4.13. The molecular formula is C17H19ClN4O4. The number of halogens is 1. The minimum atomic E-state index is -0.924. The summed E-state index contributed by atoms with van der Waals surface area (Å²) in [6.45, 7) is 1.97. The number of aromatic nitrogens is 4. The van der Waals surface area contributed by atoms with Gasteiger partial charge in [0, 0.05) is 14.1 Å². The van der Waals surface area contributed by atoms with E-state index in [1.54, 1.807) is 6.07 Å². The molecule has 1 aromatic carbocycles. The third kappa shape index (κ3) is 3.25. The summed E-state index contributed by atoms with van der Waals surface area (Å²) in [4.78, 5) is 28.5. The zero-order valence-electron chi connectivity index (χ0n) is 14.6. The fraction of sp³-hybridized carbons (Fsp3) is 0.353. The van der Waals surface area contributed by atoms with E-state index in [0.717, 1.165) is 10.1 Å². The van der Waals surface area contributed by atoms with Gasteiger partial charge in [0.05, 0.1) is 6.54 Å². The second kappa shape index (κ2) is 6.97. The molecule has 0 aliphatic rings. The van der Waals surface area contributed by atoms with E-state index in [2.05, 4.69) is 4.98 Å². The van der Waals surface area contributed by atoms with E-state index in [1.165, 1.54) is 23.2 Å². The molecule has 26 heavy (non-hydrogen) atoms. The molecule has 0 saturated carbocycles. The van der Waals surface area contributed by atoms with Crippen LogP contribution in [0.15, 0.2) is 33.9 Å². The van der Waals surface area contributed by atoms with Crippen LogP contribution in [-0.4, -0.2) is 36.5 Å². The van der Waals surface area contributed by atoms with Gasteiger partial charge in [0.25, 0.3) is 5.56 Å². The number of rotatable bonds is 5. The van der Waals surface area contributed by atoms with Gasteiger partial charge in [-0.15, -0.1) is 0 Å². The van der Waals surface area contributed by atoms with Crippen LogP contribution in [0.4, 0.5) is 0 Å². The summed E-state index contributed by atoms with van der Waals surface area (Å²) in [5, 5.41) is 10.3. The number of benzene rings is 1. The molecule has 0 aliphatic heterocycles. The van der Waals surface area contributed by atoms with Gasteiger partial charge < -0.3 is 14.4 Å². The highest BCUT2D eigenvalue weighted by Gasteiger charge is 2.20. The van der Waals surface area contributed by atoms with E-state index in [4.69, 9.17) is 16.3 Å².